The molecule has 0 bridgehead atoms. The number of anilines is 1. The van der Waals surface area contributed by atoms with Crippen LogP contribution in [0.3, 0.4) is 0 Å². The van der Waals surface area contributed by atoms with E-state index in [1.54, 1.807) is 26.0 Å². The van der Waals surface area contributed by atoms with E-state index in [0.29, 0.717) is 41.0 Å². The monoisotopic (exact) mass is 643 g/mol. The fourth-order valence-corrected chi connectivity index (χ4v) is 4.96. The Bertz CT molecular complexity index is 1930. The third kappa shape index (κ3) is 7.19. The molecule has 0 N–H and O–H groups in total. The number of alkyl halides is 3. The molecule has 1 saturated carbocycles. The summed E-state index contributed by atoms with van der Waals surface area (Å²) in [6, 6.07) is 9.62. The van der Waals surface area contributed by atoms with E-state index >= 15 is 0 Å². The third-order valence-corrected chi connectivity index (χ3v) is 7.44. The Kier molecular flexibility index (Phi) is 8.80. The van der Waals surface area contributed by atoms with Gasteiger partial charge < -0.3 is 14.2 Å². The largest absolute Gasteiger partial charge is 0.480 e. The molecule has 1 aliphatic carbocycles. The fraction of sp³-hybridized carbons (Fsp3) is 0.303. The summed E-state index contributed by atoms with van der Waals surface area (Å²) in [5.41, 5.74) is 2.22. The minimum absolute atomic E-state index is 0.162. The lowest BCUT2D eigenvalue weighted by Crippen LogP contribution is -2.25. The van der Waals surface area contributed by atoms with Gasteiger partial charge in [0.25, 0.3) is 0 Å². The molecule has 0 amide bonds. The van der Waals surface area contributed by atoms with Crippen LogP contribution < -0.4 is 9.64 Å². The summed E-state index contributed by atoms with van der Waals surface area (Å²) in [4.78, 5) is 32.1. The van der Waals surface area contributed by atoms with Crippen molar-refractivity contribution in [2.24, 2.45) is 0 Å². The van der Waals surface area contributed by atoms with Crippen molar-refractivity contribution in [3.8, 4) is 40.5 Å². The number of pyridine rings is 1. The summed E-state index contributed by atoms with van der Waals surface area (Å²) in [5.74, 6) is 7.04. The summed E-state index contributed by atoms with van der Waals surface area (Å²) in [6.45, 7) is 4.05. The molecule has 1 aliphatic rings. The van der Waals surface area contributed by atoms with E-state index in [2.05, 4.69) is 41.7 Å². The minimum atomic E-state index is -4.56. The van der Waals surface area contributed by atoms with Crippen LogP contribution in [0.15, 0.2) is 61.4 Å². The van der Waals surface area contributed by atoms with Crippen LogP contribution in [-0.4, -0.2) is 53.1 Å². The van der Waals surface area contributed by atoms with Crippen molar-refractivity contribution in [1.82, 2.24) is 39.5 Å². The molecule has 0 unspecified atom stereocenters. The van der Waals surface area contributed by atoms with E-state index in [0.717, 1.165) is 36.5 Å². The van der Waals surface area contributed by atoms with Crippen LogP contribution in [-0.2, 0) is 12.7 Å². The second-order valence-electron chi connectivity index (χ2n) is 11.2. The summed E-state index contributed by atoms with van der Waals surface area (Å²) in [7, 11) is 1.52. The highest BCUT2D eigenvalue weighted by molar-refractivity contribution is 5.66. The lowest BCUT2D eigenvalue weighted by Gasteiger charge is -2.21. The molecular formula is C33H29F4N9O. The van der Waals surface area contributed by atoms with E-state index in [-0.39, 0.29) is 24.3 Å². The molecule has 4 aromatic heterocycles. The van der Waals surface area contributed by atoms with Gasteiger partial charge in [-0.1, -0.05) is 30.2 Å². The predicted octanol–water partition coefficient (Wildman–Crippen LogP) is 6.27. The van der Waals surface area contributed by atoms with Crippen LogP contribution >= 0.6 is 0 Å². The van der Waals surface area contributed by atoms with Gasteiger partial charge in [0.15, 0.2) is 11.5 Å². The molecule has 6 rings (SSSR count). The van der Waals surface area contributed by atoms with Crippen molar-refractivity contribution < 1.29 is 22.3 Å². The smallest absolute Gasteiger partial charge is 0.434 e. The zero-order valence-corrected chi connectivity index (χ0v) is 25.7. The minimum Gasteiger partial charge on any atom is -0.480 e. The number of aromatic nitrogens is 8. The average Bonchev–Trinajstić information content (AvgIpc) is 3.81. The van der Waals surface area contributed by atoms with E-state index in [1.807, 2.05) is 17.0 Å². The number of hydrogen-bond donors (Lipinski definition) is 0. The molecular weight excluding hydrogens is 614 g/mol. The summed E-state index contributed by atoms with van der Waals surface area (Å²) >= 11 is 0. The van der Waals surface area contributed by atoms with Crippen molar-refractivity contribution in [2.45, 2.75) is 51.4 Å². The van der Waals surface area contributed by atoms with Gasteiger partial charge in [0.1, 0.15) is 35.6 Å². The van der Waals surface area contributed by atoms with Crippen LogP contribution in [0.25, 0.3) is 22.8 Å². The van der Waals surface area contributed by atoms with E-state index in [1.165, 1.54) is 36.5 Å². The standard InChI is InChI=1S/C33H29F4N9O/c1-20(2)46-17-26(33(35,36)37)43-30(46)23-8-6-21(7-9-23)16-45(14-4-5-25-13-12-24(34)15-38-25)32-42-19-40-29(44-32)27-28(22-10-11-22)39-18-41-31(27)47-3/h6-9,12-13,15,17-20,22H,10-11,14,16H2,1-3H3. The molecule has 47 heavy (non-hydrogen) atoms. The Morgan fingerprint density at radius 2 is 1.74 bits per heavy atom. The molecule has 0 aliphatic heterocycles. The number of methoxy groups -OCH3 is 1. The number of halogens is 4. The zero-order valence-electron chi connectivity index (χ0n) is 25.7. The normalized spacial score (nSPS) is 12.9. The lowest BCUT2D eigenvalue weighted by molar-refractivity contribution is -0.140. The van der Waals surface area contributed by atoms with Crippen LogP contribution in [0.2, 0.25) is 0 Å². The summed E-state index contributed by atoms with van der Waals surface area (Å²) in [5, 5.41) is 0. The first-order chi connectivity index (χ1) is 22.6. The summed E-state index contributed by atoms with van der Waals surface area (Å²) < 4.78 is 60.8. The van der Waals surface area contributed by atoms with Gasteiger partial charge in [0.2, 0.25) is 11.8 Å². The van der Waals surface area contributed by atoms with Gasteiger partial charge in [0, 0.05) is 30.3 Å². The number of ether oxygens (including phenoxy) is 1. The third-order valence-electron chi connectivity index (χ3n) is 7.44. The second kappa shape index (κ2) is 13.1. The molecule has 1 fully saturated rings. The highest BCUT2D eigenvalue weighted by atomic mass is 19.4. The van der Waals surface area contributed by atoms with Gasteiger partial charge in [-0.2, -0.15) is 18.2 Å². The number of benzene rings is 1. The topological polar surface area (TPSA) is 108 Å². The first-order valence-corrected chi connectivity index (χ1v) is 14.8. The van der Waals surface area contributed by atoms with Crippen LogP contribution in [0.4, 0.5) is 23.5 Å². The van der Waals surface area contributed by atoms with Crippen molar-refractivity contribution in [3.63, 3.8) is 0 Å². The number of rotatable bonds is 9. The molecule has 10 nitrogen and oxygen atoms in total. The van der Waals surface area contributed by atoms with E-state index in [9.17, 15) is 17.6 Å². The van der Waals surface area contributed by atoms with Gasteiger partial charge in [-0.3, -0.25) is 0 Å². The van der Waals surface area contributed by atoms with Crippen molar-refractivity contribution in [3.05, 3.63) is 89.9 Å². The first-order valence-electron chi connectivity index (χ1n) is 14.8. The SMILES string of the molecule is COc1ncnc(C2CC2)c1-c1ncnc(N(CC#Cc2ccc(F)cn2)Cc2ccc(-c3nc(C(F)(F)F)cn3C(C)C)cc2)n1. The predicted molar refractivity (Wildman–Crippen MR) is 165 cm³/mol. The number of imidazole rings is 1. The molecule has 14 heteroatoms. The van der Waals surface area contributed by atoms with E-state index < -0.39 is 17.7 Å². The van der Waals surface area contributed by atoms with Crippen LogP contribution in [0.5, 0.6) is 5.88 Å². The zero-order chi connectivity index (χ0) is 33.1. The molecule has 0 spiro atoms. The summed E-state index contributed by atoms with van der Waals surface area (Å²) in [6.07, 6.45) is 2.42. The highest BCUT2D eigenvalue weighted by Crippen LogP contribution is 2.44. The van der Waals surface area contributed by atoms with Crippen molar-refractivity contribution >= 4 is 5.95 Å². The molecule has 0 radical (unpaired) electrons. The van der Waals surface area contributed by atoms with E-state index in [4.69, 9.17) is 9.72 Å². The molecule has 0 atom stereocenters. The highest BCUT2D eigenvalue weighted by Gasteiger charge is 2.35. The first kappa shape index (κ1) is 31.5. The molecule has 1 aromatic carbocycles. The van der Waals surface area contributed by atoms with Gasteiger partial charge in [-0.05, 0) is 50.3 Å². The van der Waals surface area contributed by atoms with Gasteiger partial charge in [0.05, 0.1) is 25.5 Å². The quantitative estimate of drug-likeness (QED) is 0.136. The van der Waals surface area contributed by atoms with Gasteiger partial charge >= 0.3 is 6.18 Å². The van der Waals surface area contributed by atoms with Gasteiger partial charge in [-0.15, -0.1) is 0 Å². The molecule has 5 aromatic rings. The Balaban J connectivity index is 1.33. The molecule has 240 valence electrons. The number of nitrogens with zero attached hydrogens (tertiary/aromatic N) is 9. The van der Waals surface area contributed by atoms with Crippen LogP contribution in [0, 0.1) is 17.7 Å². The maximum absolute atomic E-state index is 13.5. The van der Waals surface area contributed by atoms with Crippen LogP contribution in [0.1, 0.15) is 61.3 Å². The van der Waals surface area contributed by atoms with Gasteiger partial charge in [-0.25, -0.2) is 34.3 Å². The molecule has 0 saturated heterocycles. The van der Waals surface area contributed by atoms with Crippen molar-refractivity contribution in [2.75, 3.05) is 18.6 Å². The fourth-order valence-electron chi connectivity index (χ4n) is 4.96. The Hall–Kier alpha value is -5.45. The Morgan fingerprint density at radius 1 is 0.979 bits per heavy atom. The average molecular weight is 644 g/mol. The Labute approximate surface area is 268 Å². The number of hydrogen-bond acceptors (Lipinski definition) is 9. The maximum atomic E-state index is 13.5. The lowest BCUT2D eigenvalue weighted by atomic mass is 10.1. The van der Waals surface area contributed by atoms with Crippen molar-refractivity contribution in [1.29, 1.82) is 0 Å². The Morgan fingerprint density at radius 3 is 2.40 bits per heavy atom. The second-order valence-corrected chi connectivity index (χ2v) is 11.2. The maximum Gasteiger partial charge on any atom is 0.434 e. The molecule has 4 heterocycles.